The number of carbonyl (C=O) groups is 1. The van der Waals surface area contributed by atoms with Crippen molar-refractivity contribution < 1.29 is 9.90 Å². The van der Waals surface area contributed by atoms with E-state index in [1.807, 2.05) is 0 Å². The van der Waals surface area contributed by atoms with Gasteiger partial charge in [-0.2, -0.15) is 0 Å². The number of allylic oxidation sites excluding steroid dienone is 3. The first-order valence-corrected chi connectivity index (χ1v) is 9.46. The normalized spacial score (nSPS) is 48.7. The topological polar surface area (TPSA) is 37.3 Å². The largest absolute Gasteiger partial charge is 0.393 e. The van der Waals surface area contributed by atoms with Gasteiger partial charge in [0.2, 0.25) is 0 Å². The number of fused-ring (bicyclic) bond motifs is 5. The van der Waals surface area contributed by atoms with Crippen molar-refractivity contribution in [3.05, 3.63) is 23.3 Å². The molecule has 0 amide bonds. The molecule has 2 heteroatoms. The molecule has 0 unspecified atom stereocenters. The highest BCUT2D eigenvalue weighted by atomic mass is 16.3. The van der Waals surface area contributed by atoms with Gasteiger partial charge in [0.05, 0.1) is 6.10 Å². The van der Waals surface area contributed by atoms with Crippen LogP contribution < -0.4 is 0 Å². The fourth-order valence-electron chi connectivity index (χ4n) is 6.65. The van der Waals surface area contributed by atoms with E-state index in [1.54, 1.807) is 12.5 Å². The number of aliphatic hydroxyl groups excluding tert-OH is 1. The van der Waals surface area contributed by atoms with Crippen LogP contribution in [0.3, 0.4) is 0 Å². The molecule has 3 fully saturated rings. The summed E-state index contributed by atoms with van der Waals surface area (Å²) in [6.45, 7) is 6.60. The van der Waals surface area contributed by atoms with Crippen LogP contribution in [0.1, 0.15) is 65.7 Å². The maximum atomic E-state index is 12.1. The summed E-state index contributed by atoms with van der Waals surface area (Å²) in [6.07, 6.45) is 12.1. The molecule has 2 nitrogen and oxygen atoms in total. The Labute approximate surface area is 140 Å². The van der Waals surface area contributed by atoms with Crippen molar-refractivity contribution in [3.8, 4) is 0 Å². The standard InChI is InChI=1S/C21H30O2/c1-13(22)17-6-7-18-16-5-4-14-12-15(23)8-10-20(14,2)19(16)9-11-21(17,18)3/h4-5,15,17-19,23H,6-12H2,1-3H3/t15-,17+,18-,19+,20+,21+/m0/s1. The molecule has 0 heterocycles. The van der Waals surface area contributed by atoms with E-state index < -0.39 is 0 Å². The number of aliphatic hydroxyl groups is 1. The third-order valence-corrected chi connectivity index (χ3v) is 8.04. The Balaban J connectivity index is 1.72. The van der Waals surface area contributed by atoms with E-state index >= 15 is 0 Å². The van der Waals surface area contributed by atoms with Crippen molar-refractivity contribution >= 4 is 5.78 Å². The van der Waals surface area contributed by atoms with Crippen molar-refractivity contribution in [3.63, 3.8) is 0 Å². The van der Waals surface area contributed by atoms with Crippen molar-refractivity contribution in [1.29, 1.82) is 0 Å². The molecule has 0 aromatic heterocycles. The Kier molecular flexibility index (Phi) is 3.43. The van der Waals surface area contributed by atoms with Crippen molar-refractivity contribution in [2.45, 2.75) is 71.8 Å². The van der Waals surface area contributed by atoms with E-state index in [0.29, 0.717) is 17.6 Å². The lowest BCUT2D eigenvalue weighted by Gasteiger charge is -2.54. The minimum atomic E-state index is -0.147. The second-order valence-electron chi connectivity index (χ2n) is 9.06. The van der Waals surface area contributed by atoms with E-state index in [4.69, 9.17) is 0 Å². The predicted octanol–water partition coefficient (Wildman–Crippen LogP) is 4.44. The van der Waals surface area contributed by atoms with Crippen molar-refractivity contribution in [2.24, 2.45) is 28.6 Å². The molecule has 0 aromatic rings. The zero-order valence-electron chi connectivity index (χ0n) is 14.8. The Bertz CT molecular complexity index is 601. The van der Waals surface area contributed by atoms with Gasteiger partial charge < -0.3 is 5.11 Å². The van der Waals surface area contributed by atoms with Gasteiger partial charge in [0.25, 0.3) is 0 Å². The first kappa shape index (κ1) is 15.6. The Morgan fingerprint density at radius 1 is 1.09 bits per heavy atom. The van der Waals surface area contributed by atoms with Gasteiger partial charge >= 0.3 is 0 Å². The van der Waals surface area contributed by atoms with E-state index in [9.17, 15) is 9.90 Å². The van der Waals surface area contributed by atoms with Gasteiger partial charge in [0.1, 0.15) is 5.78 Å². The summed E-state index contributed by atoms with van der Waals surface area (Å²) < 4.78 is 0. The van der Waals surface area contributed by atoms with E-state index in [-0.39, 0.29) is 22.9 Å². The molecular weight excluding hydrogens is 284 g/mol. The van der Waals surface area contributed by atoms with Crippen LogP contribution in [0.25, 0.3) is 0 Å². The van der Waals surface area contributed by atoms with Crippen LogP contribution in [-0.2, 0) is 4.79 Å². The van der Waals surface area contributed by atoms with Crippen LogP contribution in [0.15, 0.2) is 23.3 Å². The number of Topliss-reactive ketones (excluding diaryl/α,β-unsaturated/α-hetero) is 1. The fourth-order valence-corrected chi connectivity index (χ4v) is 6.65. The van der Waals surface area contributed by atoms with Gasteiger partial charge in [0, 0.05) is 5.92 Å². The Morgan fingerprint density at radius 3 is 2.61 bits per heavy atom. The SMILES string of the molecule is CC(=O)[C@H]1CC[C@H]2C3=CC=C4C[C@@H](O)CC[C@@]4(C)[C@@H]3CC[C@]12C. The molecule has 126 valence electrons. The Hall–Kier alpha value is -0.890. The zero-order valence-corrected chi connectivity index (χ0v) is 14.8. The monoisotopic (exact) mass is 314 g/mol. The summed E-state index contributed by atoms with van der Waals surface area (Å²) in [5.74, 6) is 1.89. The minimum Gasteiger partial charge on any atom is -0.393 e. The number of carbonyl (C=O) groups excluding carboxylic acids is 1. The third-order valence-electron chi connectivity index (χ3n) is 8.04. The summed E-state index contributed by atoms with van der Waals surface area (Å²) in [5, 5.41) is 10.0. The summed E-state index contributed by atoms with van der Waals surface area (Å²) in [7, 11) is 0. The van der Waals surface area contributed by atoms with E-state index in [0.717, 1.165) is 25.7 Å². The van der Waals surface area contributed by atoms with Crippen LogP contribution in [0.2, 0.25) is 0 Å². The molecule has 0 bridgehead atoms. The van der Waals surface area contributed by atoms with Gasteiger partial charge in [0.15, 0.2) is 0 Å². The maximum Gasteiger partial charge on any atom is 0.133 e. The Morgan fingerprint density at radius 2 is 1.87 bits per heavy atom. The molecule has 4 aliphatic rings. The average molecular weight is 314 g/mol. The lowest BCUT2D eigenvalue weighted by Crippen LogP contribution is -2.46. The molecule has 0 aliphatic heterocycles. The average Bonchev–Trinajstić information content (AvgIpc) is 2.85. The van der Waals surface area contributed by atoms with Gasteiger partial charge in [-0.1, -0.05) is 37.1 Å². The molecule has 4 rings (SSSR count). The molecule has 1 N–H and O–H groups in total. The second kappa shape index (κ2) is 5.05. The van der Waals surface area contributed by atoms with Crippen molar-refractivity contribution in [1.82, 2.24) is 0 Å². The molecule has 4 aliphatic carbocycles. The first-order chi connectivity index (χ1) is 10.9. The van der Waals surface area contributed by atoms with Crippen LogP contribution >= 0.6 is 0 Å². The first-order valence-electron chi connectivity index (χ1n) is 9.46. The molecule has 0 radical (unpaired) electrons. The lowest BCUT2D eigenvalue weighted by atomic mass is 9.50. The van der Waals surface area contributed by atoms with Crippen LogP contribution in [0.5, 0.6) is 0 Å². The number of hydrogen-bond donors (Lipinski definition) is 1. The van der Waals surface area contributed by atoms with E-state index in [2.05, 4.69) is 26.0 Å². The third kappa shape index (κ3) is 2.06. The lowest BCUT2D eigenvalue weighted by molar-refractivity contribution is -0.124. The van der Waals surface area contributed by atoms with E-state index in [1.165, 1.54) is 24.8 Å². The molecule has 23 heavy (non-hydrogen) atoms. The summed E-state index contributed by atoms with van der Waals surface area (Å²) in [4.78, 5) is 12.1. The molecule has 3 saturated carbocycles. The van der Waals surface area contributed by atoms with Gasteiger partial charge in [-0.15, -0.1) is 0 Å². The van der Waals surface area contributed by atoms with Gasteiger partial charge in [-0.25, -0.2) is 0 Å². The maximum absolute atomic E-state index is 12.1. The second-order valence-corrected chi connectivity index (χ2v) is 9.06. The number of ketones is 1. The van der Waals surface area contributed by atoms with Gasteiger partial charge in [-0.05, 0) is 74.5 Å². The summed E-state index contributed by atoms with van der Waals surface area (Å²) in [5.41, 5.74) is 3.53. The fraction of sp³-hybridized carbons (Fsp3) is 0.762. The molecule has 0 spiro atoms. The van der Waals surface area contributed by atoms with Crippen molar-refractivity contribution in [2.75, 3.05) is 0 Å². The smallest absolute Gasteiger partial charge is 0.133 e. The summed E-state index contributed by atoms with van der Waals surface area (Å²) >= 11 is 0. The van der Waals surface area contributed by atoms with Crippen LogP contribution in [0.4, 0.5) is 0 Å². The highest BCUT2D eigenvalue weighted by Crippen LogP contribution is 2.64. The quantitative estimate of drug-likeness (QED) is 0.777. The molecular formula is C21H30O2. The van der Waals surface area contributed by atoms with Crippen LogP contribution in [-0.4, -0.2) is 17.0 Å². The molecule has 6 atom stereocenters. The molecule has 0 saturated heterocycles. The number of hydrogen-bond acceptors (Lipinski definition) is 2. The van der Waals surface area contributed by atoms with Gasteiger partial charge in [-0.3, -0.25) is 4.79 Å². The zero-order chi connectivity index (χ0) is 16.4. The highest BCUT2D eigenvalue weighted by molar-refractivity contribution is 5.79. The minimum absolute atomic E-state index is 0.147. The summed E-state index contributed by atoms with van der Waals surface area (Å²) in [6, 6.07) is 0. The predicted molar refractivity (Wildman–Crippen MR) is 91.9 cm³/mol. The highest BCUT2D eigenvalue weighted by Gasteiger charge is 2.57. The number of rotatable bonds is 1. The van der Waals surface area contributed by atoms with Crippen LogP contribution in [0, 0.1) is 28.6 Å². The molecule has 0 aromatic carbocycles.